The summed E-state index contributed by atoms with van der Waals surface area (Å²) in [6.07, 6.45) is 5.24. The molecule has 5 rings (SSSR count). The van der Waals surface area contributed by atoms with Crippen LogP contribution in [0.25, 0.3) is 21.8 Å². The third-order valence-electron chi connectivity index (χ3n) is 4.51. The molecule has 0 unspecified atom stereocenters. The molecule has 1 N–H and O–H groups in total. The van der Waals surface area contributed by atoms with Crippen molar-refractivity contribution in [1.82, 2.24) is 24.7 Å². The molecule has 6 nitrogen and oxygen atoms in total. The third-order valence-corrected chi connectivity index (χ3v) is 4.71. The maximum atomic E-state index is 5.91. The molecule has 0 aliphatic carbocycles. The van der Waals surface area contributed by atoms with Crippen LogP contribution in [-0.2, 0) is 6.54 Å². The zero-order valence-corrected chi connectivity index (χ0v) is 15.5. The van der Waals surface area contributed by atoms with E-state index in [0.29, 0.717) is 11.1 Å². The number of rotatable bonds is 4. The number of halogens is 1. The van der Waals surface area contributed by atoms with E-state index in [-0.39, 0.29) is 0 Å². The van der Waals surface area contributed by atoms with Gasteiger partial charge >= 0.3 is 0 Å². The average molecular weight is 387 g/mol. The van der Waals surface area contributed by atoms with Gasteiger partial charge in [-0.3, -0.25) is 4.68 Å². The Hall–Kier alpha value is -3.51. The Bertz CT molecular complexity index is 1280. The van der Waals surface area contributed by atoms with E-state index in [1.807, 2.05) is 41.2 Å². The van der Waals surface area contributed by atoms with Crippen LogP contribution >= 0.6 is 11.6 Å². The minimum Gasteiger partial charge on any atom is -0.324 e. The number of nitrogens with zero attached hydrogens (tertiary/aromatic N) is 5. The van der Waals surface area contributed by atoms with E-state index in [1.165, 1.54) is 5.56 Å². The van der Waals surface area contributed by atoms with Crippen molar-refractivity contribution in [1.29, 1.82) is 0 Å². The number of pyridine rings is 1. The standard InChI is InChI=1S/C21H15ClN6/c22-20-9-15-10-24-21(27-18(15)12-23-20)26-17-6-7-19-16(8-17)11-25-28(19)13-14-4-2-1-3-5-14/h1-12H,13H2,(H,24,26,27). The smallest absolute Gasteiger partial charge is 0.227 e. The minimum atomic E-state index is 0.426. The Kier molecular flexibility index (Phi) is 4.10. The highest BCUT2D eigenvalue weighted by molar-refractivity contribution is 6.30. The van der Waals surface area contributed by atoms with E-state index < -0.39 is 0 Å². The zero-order chi connectivity index (χ0) is 18.9. The van der Waals surface area contributed by atoms with Crippen LogP contribution in [0.4, 0.5) is 11.6 Å². The minimum absolute atomic E-state index is 0.426. The van der Waals surface area contributed by atoms with Crippen molar-refractivity contribution >= 4 is 45.0 Å². The van der Waals surface area contributed by atoms with Crippen molar-refractivity contribution in [3.63, 3.8) is 0 Å². The van der Waals surface area contributed by atoms with Gasteiger partial charge < -0.3 is 5.32 Å². The summed E-state index contributed by atoms with van der Waals surface area (Å²) < 4.78 is 2.00. The normalized spacial score (nSPS) is 11.2. The summed E-state index contributed by atoms with van der Waals surface area (Å²) in [5.74, 6) is 0.507. The molecule has 0 amide bonds. The van der Waals surface area contributed by atoms with Gasteiger partial charge in [0.2, 0.25) is 5.95 Å². The number of hydrogen-bond acceptors (Lipinski definition) is 5. The summed E-state index contributed by atoms with van der Waals surface area (Å²) >= 11 is 5.91. The molecule has 3 aromatic heterocycles. The van der Waals surface area contributed by atoms with Crippen LogP contribution in [0.1, 0.15) is 5.56 Å². The summed E-state index contributed by atoms with van der Waals surface area (Å²) in [7, 11) is 0. The molecule has 2 aromatic carbocycles. The van der Waals surface area contributed by atoms with Gasteiger partial charge in [-0.15, -0.1) is 0 Å². The summed E-state index contributed by atoms with van der Waals surface area (Å²) in [6, 6.07) is 18.1. The molecule has 7 heteroatoms. The third kappa shape index (κ3) is 3.25. The van der Waals surface area contributed by atoms with E-state index in [1.54, 1.807) is 18.5 Å². The lowest BCUT2D eigenvalue weighted by atomic mass is 10.2. The van der Waals surface area contributed by atoms with Crippen LogP contribution in [-0.4, -0.2) is 24.7 Å². The lowest BCUT2D eigenvalue weighted by Gasteiger charge is -2.07. The van der Waals surface area contributed by atoms with Crippen molar-refractivity contribution in [2.24, 2.45) is 0 Å². The number of fused-ring (bicyclic) bond motifs is 2. The van der Waals surface area contributed by atoms with Crippen molar-refractivity contribution < 1.29 is 0 Å². The van der Waals surface area contributed by atoms with Crippen molar-refractivity contribution in [3.8, 4) is 0 Å². The topological polar surface area (TPSA) is 68.5 Å². The molecular weight excluding hydrogens is 372 g/mol. The average Bonchev–Trinajstić information content (AvgIpc) is 3.11. The van der Waals surface area contributed by atoms with E-state index >= 15 is 0 Å². The Morgan fingerprint density at radius 3 is 2.68 bits per heavy atom. The molecule has 0 bridgehead atoms. The Labute approximate surface area is 165 Å². The van der Waals surface area contributed by atoms with Gasteiger partial charge in [-0.05, 0) is 29.8 Å². The SMILES string of the molecule is Clc1cc2cnc(Nc3ccc4c(cnn4Cc4ccccc4)c3)nc2cn1. The number of anilines is 2. The van der Waals surface area contributed by atoms with E-state index in [0.717, 1.165) is 34.0 Å². The second-order valence-corrected chi connectivity index (χ2v) is 6.83. The first-order chi connectivity index (χ1) is 13.7. The number of hydrogen-bond donors (Lipinski definition) is 1. The Morgan fingerprint density at radius 2 is 1.79 bits per heavy atom. The van der Waals surface area contributed by atoms with Gasteiger partial charge in [-0.2, -0.15) is 5.10 Å². The Morgan fingerprint density at radius 1 is 0.893 bits per heavy atom. The van der Waals surface area contributed by atoms with Crippen molar-refractivity contribution in [2.45, 2.75) is 6.54 Å². The van der Waals surface area contributed by atoms with Crippen LogP contribution in [0, 0.1) is 0 Å². The quantitative estimate of drug-likeness (QED) is 0.448. The second-order valence-electron chi connectivity index (χ2n) is 6.45. The summed E-state index contributed by atoms with van der Waals surface area (Å²) in [6.45, 7) is 0.737. The maximum absolute atomic E-state index is 5.91. The van der Waals surface area contributed by atoms with Gasteiger partial charge in [0.1, 0.15) is 5.15 Å². The molecule has 5 aromatic rings. The molecule has 3 heterocycles. The van der Waals surface area contributed by atoms with E-state index in [4.69, 9.17) is 11.6 Å². The highest BCUT2D eigenvalue weighted by Crippen LogP contribution is 2.23. The van der Waals surface area contributed by atoms with Gasteiger partial charge in [0.25, 0.3) is 0 Å². The molecule has 0 saturated carbocycles. The van der Waals surface area contributed by atoms with Crippen LogP contribution in [0.2, 0.25) is 5.15 Å². The Balaban J connectivity index is 1.42. The number of nitrogens with one attached hydrogen (secondary N) is 1. The van der Waals surface area contributed by atoms with Gasteiger partial charge in [0.05, 0.1) is 30.0 Å². The predicted molar refractivity (Wildman–Crippen MR) is 111 cm³/mol. The van der Waals surface area contributed by atoms with Crippen LogP contribution in [0.15, 0.2) is 73.2 Å². The van der Waals surface area contributed by atoms with Crippen molar-refractivity contribution in [2.75, 3.05) is 5.32 Å². The first-order valence-corrected chi connectivity index (χ1v) is 9.17. The van der Waals surface area contributed by atoms with Crippen LogP contribution in [0.3, 0.4) is 0 Å². The van der Waals surface area contributed by atoms with E-state index in [2.05, 4.69) is 43.6 Å². The van der Waals surface area contributed by atoms with Gasteiger partial charge in [0.15, 0.2) is 0 Å². The fraction of sp³-hybridized carbons (Fsp3) is 0.0476. The summed E-state index contributed by atoms with van der Waals surface area (Å²) in [5, 5.41) is 10.1. The zero-order valence-electron chi connectivity index (χ0n) is 14.7. The fourth-order valence-electron chi connectivity index (χ4n) is 3.14. The molecule has 0 fully saturated rings. The lowest BCUT2D eigenvalue weighted by Crippen LogP contribution is -2.01. The van der Waals surface area contributed by atoms with Crippen molar-refractivity contribution in [3.05, 3.63) is 83.9 Å². The predicted octanol–water partition coefficient (Wildman–Crippen LogP) is 4.82. The van der Waals surface area contributed by atoms with Gasteiger partial charge in [-0.1, -0.05) is 41.9 Å². The first-order valence-electron chi connectivity index (χ1n) is 8.79. The van der Waals surface area contributed by atoms with Gasteiger partial charge in [0, 0.05) is 22.7 Å². The fourth-order valence-corrected chi connectivity index (χ4v) is 3.31. The molecule has 0 spiro atoms. The first kappa shape index (κ1) is 16.6. The molecule has 0 atom stereocenters. The number of benzene rings is 2. The molecular formula is C21H15ClN6. The second kappa shape index (κ2) is 6.90. The highest BCUT2D eigenvalue weighted by Gasteiger charge is 2.07. The summed E-state index contributed by atoms with van der Waals surface area (Å²) in [4.78, 5) is 12.9. The monoisotopic (exact) mass is 386 g/mol. The summed E-state index contributed by atoms with van der Waals surface area (Å²) in [5.41, 5.74) is 3.92. The highest BCUT2D eigenvalue weighted by atomic mass is 35.5. The largest absolute Gasteiger partial charge is 0.324 e. The molecule has 0 radical (unpaired) electrons. The number of aromatic nitrogens is 5. The lowest BCUT2D eigenvalue weighted by molar-refractivity contribution is 0.712. The van der Waals surface area contributed by atoms with Crippen LogP contribution < -0.4 is 5.32 Å². The molecule has 0 saturated heterocycles. The van der Waals surface area contributed by atoms with E-state index in [9.17, 15) is 0 Å². The maximum Gasteiger partial charge on any atom is 0.227 e. The molecule has 136 valence electrons. The molecule has 0 aliphatic heterocycles. The van der Waals surface area contributed by atoms with Crippen LogP contribution in [0.5, 0.6) is 0 Å². The molecule has 0 aliphatic rings. The van der Waals surface area contributed by atoms with Gasteiger partial charge in [-0.25, -0.2) is 15.0 Å². The molecule has 28 heavy (non-hydrogen) atoms.